The highest BCUT2D eigenvalue weighted by atomic mass is 16.3. The third-order valence-corrected chi connectivity index (χ3v) is 5.97. The van der Waals surface area contributed by atoms with Crippen molar-refractivity contribution in [1.29, 1.82) is 0 Å². The molecule has 2 saturated heterocycles. The summed E-state index contributed by atoms with van der Waals surface area (Å²) in [6, 6.07) is 3.62. The Labute approximate surface area is 148 Å². The molecular weight excluding hydrogens is 318 g/mol. The summed E-state index contributed by atoms with van der Waals surface area (Å²) in [6.07, 6.45) is 4.21. The smallest absolute Gasteiger partial charge is 0.255 e. The van der Waals surface area contributed by atoms with Gasteiger partial charge >= 0.3 is 0 Å². The molecule has 0 aromatic carbocycles. The van der Waals surface area contributed by atoms with Crippen LogP contribution in [0.1, 0.15) is 49.2 Å². The van der Waals surface area contributed by atoms with Crippen LogP contribution >= 0.6 is 0 Å². The highest BCUT2D eigenvalue weighted by molar-refractivity contribution is 5.95. The van der Waals surface area contributed by atoms with Crippen molar-refractivity contribution in [3.05, 3.63) is 29.6 Å². The number of aliphatic hydroxyl groups excluding tert-OH is 1. The van der Waals surface area contributed by atoms with Crippen molar-refractivity contribution >= 4 is 11.8 Å². The Morgan fingerprint density at radius 2 is 2.00 bits per heavy atom. The zero-order valence-corrected chi connectivity index (χ0v) is 15.3. The molecule has 0 aliphatic carbocycles. The first-order chi connectivity index (χ1) is 11.8. The molecule has 2 fully saturated rings. The van der Waals surface area contributed by atoms with E-state index in [0.717, 1.165) is 25.0 Å². The first-order valence-corrected chi connectivity index (χ1v) is 8.90. The standard InChI is InChI=1S/C19H27N3O3/c1-14-16(5-4-8-20-14)17(25)21-9-6-19(7-10-21)11-18(3,13-23)22(12-19)15(2)24/h4-5,8,23H,6-7,9-13H2,1-3H3/t18-/m1/s1. The predicted octanol–water partition coefficient (Wildman–Crippen LogP) is 1.62. The van der Waals surface area contributed by atoms with Gasteiger partial charge in [0.1, 0.15) is 0 Å². The van der Waals surface area contributed by atoms with E-state index < -0.39 is 5.54 Å². The number of likely N-dealkylation sites (tertiary alicyclic amines) is 2. The first-order valence-electron chi connectivity index (χ1n) is 8.90. The molecule has 2 aliphatic heterocycles. The van der Waals surface area contributed by atoms with Crippen molar-refractivity contribution in [3.63, 3.8) is 0 Å². The second-order valence-corrected chi connectivity index (χ2v) is 7.87. The Kier molecular flexibility index (Phi) is 4.58. The molecule has 1 N–H and O–H groups in total. The molecule has 136 valence electrons. The summed E-state index contributed by atoms with van der Waals surface area (Å²) < 4.78 is 0. The van der Waals surface area contributed by atoms with E-state index in [1.54, 1.807) is 19.2 Å². The van der Waals surface area contributed by atoms with Gasteiger partial charge in [0.05, 0.1) is 17.7 Å². The minimum absolute atomic E-state index is 0.00388. The van der Waals surface area contributed by atoms with E-state index in [9.17, 15) is 14.7 Å². The van der Waals surface area contributed by atoms with Crippen molar-refractivity contribution in [1.82, 2.24) is 14.8 Å². The molecular formula is C19H27N3O3. The molecule has 1 spiro atoms. The number of carbonyl (C=O) groups excluding carboxylic acids is 2. The normalized spacial score (nSPS) is 25.4. The number of aromatic nitrogens is 1. The van der Waals surface area contributed by atoms with Crippen LogP contribution in [0.4, 0.5) is 0 Å². The van der Waals surface area contributed by atoms with E-state index in [4.69, 9.17) is 0 Å². The fourth-order valence-corrected chi connectivity index (χ4v) is 4.52. The van der Waals surface area contributed by atoms with E-state index in [1.807, 2.05) is 29.7 Å². The van der Waals surface area contributed by atoms with Gasteiger partial charge in [-0.15, -0.1) is 0 Å². The average molecular weight is 345 g/mol. The molecule has 0 bridgehead atoms. The summed E-state index contributed by atoms with van der Waals surface area (Å²) >= 11 is 0. The number of aliphatic hydroxyl groups is 1. The van der Waals surface area contributed by atoms with Crippen LogP contribution in [0.2, 0.25) is 0 Å². The minimum Gasteiger partial charge on any atom is -0.394 e. The van der Waals surface area contributed by atoms with Crippen molar-refractivity contribution in [3.8, 4) is 0 Å². The summed E-state index contributed by atoms with van der Waals surface area (Å²) in [5.74, 6) is 0.0460. The van der Waals surface area contributed by atoms with E-state index in [-0.39, 0.29) is 23.8 Å². The molecule has 1 aromatic heterocycles. The SMILES string of the molecule is CC(=O)N1CC2(CCN(C(=O)c3cccnc3C)CC2)C[C@]1(C)CO. The van der Waals surface area contributed by atoms with E-state index in [2.05, 4.69) is 4.98 Å². The van der Waals surface area contributed by atoms with Crippen LogP contribution < -0.4 is 0 Å². The fraction of sp³-hybridized carbons (Fsp3) is 0.632. The highest BCUT2D eigenvalue weighted by Crippen LogP contribution is 2.48. The van der Waals surface area contributed by atoms with Gasteiger partial charge in [-0.25, -0.2) is 0 Å². The van der Waals surface area contributed by atoms with Gasteiger partial charge in [0.2, 0.25) is 5.91 Å². The molecule has 1 aromatic rings. The first kappa shape index (κ1) is 17.9. The third-order valence-electron chi connectivity index (χ3n) is 5.97. The van der Waals surface area contributed by atoms with Crippen LogP contribution in [0.3, 0.4) is 0 Å². The molecule has 0 radical (unpaired) electrons. The lowest BCUT2D eigenvalue weighted by molar-refractivity contribution is -0.134. The number of hydrogen-bond donors (Lipinski definition) is 1. The Morgan fingerprint density at radius 3 is 2.52 bits per heavy atom. The number of hydrogen-bond acceptors (Lipinski definition) is 4. The molecule has 25 heavy (non-hydrogen) atoms. The van der Waals surface area contributed by atoms with Gasteiger partial charge in [-0.1, -0.05) is 0 Å². The largest absolute Gasteiger partial charge is 0.394 e. The van der Waals surface area contributed by atoms with Crippen molar-refractivity contribution in [2.24, 2.45) is 5.41 Å². The number of aryl methyl sites for hydroxylation is 1. The lowest BCUT2D eigenvalue weighted by atomic mass is 9.74. The summed E-state index contributed by atoms with van der Waals surface area (Å²) in [5.41, 5.74) is 0.932. The summed E-state index contributed by atoms with van der Waals surface area (Å²) in [4.78, 5) is 32.7. The molecule has 0 unspecified atom stereocenters. The van der Waals surface area contributed by atoms with Gasteiger partial charge in [-0.3, -0.25) is 14.6 Å². The van der Waals surface area contributed by atoms with Crippen molar-refractivity contribution < 1.29 is 14.7 Å². The lowest BCUT2D eigenvalue weighted by Gasteiger charge is -2.39. The van der Waals surface area contributed by atoms with Gasteiger partial charge in [0, 0.05) is 38.4 Å². The van der Waals surface area contributed by atoms with Crippen LogP contribution in [0.15, 0.2) is 18.3 Å². The highest BCUT2D eigenvalue weighted by Gasteiger charge is 2.52. The zero-order valence-electron chi connectivity index (χ0n) is 15.3. The second-order valence-electron chi connectivity index (χ2n) is 7.87. The van der Waals surface area contributed by atoms with E-state index in [0.29, 0.717) is 25.2 Å². The summed E-state index contributed by atoms with van der Waals surface area (Å²) in [6.45, 7) is 7.39. The van der Waals surface area contributed by atoms with Crippen LogP contribution in [0.25, 0.3) is 0 Å². The van der Waals surface area contributed by atoms with Gasteiger partial charge in [0.15, 0.2) is 0 Å². The van der Waals surface area contributed by atoms with Gasteiger partial charge in [-0.2, -0.15) is 0 Å². The van der Waals surface area contributed by atoms with Crippen LogP contribution in [-0.4, -0.2) is 63.5 Å². The van der Waals surface area contributed by atoms with Crippen molar-refractivity contribution in [2.75, 3.05) is 26.2 Å². The number of amides is 2. The summed E-state index contributed by atoms with van der Waals surface area (Å²) in [5, 5.41) is 9.81. The fourth-order valence-electron chi connectivity index (χ4n) is 4.52. The van der Waals surface area contributed by atoms with Crippen LogP contribution in [0.5, 0.6) is 0 Å². The Bertz CT molecular complexity index is 682. The molecule has 1 atom stereocenters. The maximum absolute atomic E-state index is 12.8. The second kappa shape index (κ2) is 6.41. The van der Waals surface area contributed by atoms with E-state index in [1.165, 1.54) is 0 Å². The molecule has 3 rings (SSSR count). The van der Waals surface area contributed by atoms with Crippen LogP contribution in [0, 0.1) is 12.3 Å². The van der Waals surface area contributed by atoms with Gasteiger partial charge in [-0.05, 0) is 50.7 Å². The minimum atomic E-state index is -0.488. The number of carbonyl (C=O) groups is 2. The molecule has 6 heteroatoms. The molecule has 3 heterocycles. The third kappa shape index (κ3) is 3.15. The topological polar surface area (TPSA) is 73.7 Å². The Hall–Kier alpha value is -1.95. The van der Waals surface area contributed by atoms with Crippen LogP contribution in [-0.2, 0) is 4.79 Å². The van der Waals surface area contributed by atoms with E-state index >= 15 is 0 Å². The predicted molar refractivity (Wildman–Crippen MR) is 94.0 cm³/mol. The maximum Gasteiger partial charge on any atom is 0.255 e. The number of piperidine rings is 1. The quantitative estimate of drug-likeness (QED) is 0.884. The maximum atomic E-state index is 12.8. The zero-order chi connectivity index (χ0) is 18.2. The number of rotatable bonds is 2. The molecule has 2 aliphatic rings. The molecule has 0 saturated carbocycles. The number of pyridine rings is 1. The Balaban J connectivity index is 1.71. The lowest BCUT2D eigenvalue weighted by Crippen LogP contribution is -2.46. The van der Waals surface area contributed by atoms with Gasteiger partial charge < -0.3 is 14.9 Å². The monoisotopic (exact) mass is 345 g/mol. The summed E-state index contributed by atoms with van der Waals surface area (Å²) in [7, 11) is 0. The molecule has 2 amide bonds. The molecule has 6 nitrogen and oxygen atoms in total. The van der Waals surface area contributed by atoms with Crippen molar-refractivity contribution in [2.45, 2.75) is 45.6 Å². The Morgan fingerprint density at radius 1 is 1.32 bits per heavy atom. The average Bonchev–Trinajstić information content (AvgIpc) is 2.89. The number of nitrogens with zero attached hydrogens (tertiary/aromatic N) is 3. The van der Waals surface area contributed by atoms with Gasteiger partial charge in [0.25, 0.3) is 5.91 Å².